The summed E-state index contributed by atoms with van der Waals surface area (Å²) in [4.78, 5) is 37.1. The van der Waals surface area contributed by atoms with Crippen LogP contribution in [0, 0.1) is 5.92 Å². The highest BCUT2D eigenvalue weighted by molar-refractivity contribution is 5.99. The molecule has 0 saturated carbocycles. The lowest BCUT2D eigenvalue weighted by Gasteiger charge is -2.37. The number of amides is 1. The maximum Gasteiger partial charge on any atom is 0.303 e. The summed E-state index contributed by atoms with van der Waals surface area (Å²) in [5.41, 5.74) is 0.528. The molecule has 5 nitrogen and oxygen atoms in total. The summed E-state index contributed by atoms with van der Waals surface area (Å²) in [6.07, 6.45) is 0.694. The predicted molar refractivity (Wildman–Crippen MR) is 76.9 cm³/mol. The van der Waals surface area contributed by atoms with Crippen LogP contribution in [0.1, 0.15) is 36.5 Å². The number of carbonyl (C=O) groups excluding carboxylic acids is 2. The van der Waals surface area contributed by atoms with Crippen LogP contribution in [0.2, 0.25) is 0 Å². The van der Waals surface area contributed by atoms with Crippen molar-refractivity contribution < 1.29 is 19.5 Å². The lowest BCUT2D eigenvalue weighted by Crippen LogP contribution is -2.51. The normalized spacial score (nSPS) is 22.1. The molecule has 21 heavy (non-hydrogen) atoms. The van der Waals surface area contributed by atoms with E-state index in [0.717, 1.165) is 0 Å². The van der Waals surface area contributed by atoms with Gasteiger partial charge in [-0.1, -0.05) is 25.1 Å². The van der Waals surface area contributed by atoms with Gasteiger partial charge in [0, 0.05) is 24.4 Å². The first kappa shape index (κ1) is 15.2. The number of aliphatic carboxylic acids is 1. The summed E-state index contributed by atoms with van der Waals surface area (Å²) in [5.74, 6) is -1.31. The maximum atomic E-state index is 12.5. The van der Waals surface area contributed by atoms with E-state index in [1.54, 1.807) is 24.3 Å². The Kier molecular flexibility index (Phi) is 4.73. The standard InChI is InChI=1S/C16H19NO4/c1-11-9-10-17(13(15(11)20)7-8-14(18)19)16(21)12-5-3-2-4-6-12/h2-6,11,13H,7-10H2,1H3,(H,18,19). The highest BCUT2D eigenvalue weighted by Crippen LogP contribution is 2.24. The Labute approximate surface area is 123 Å². The van der Waals surface area contributed by atoms with Gasteiger partial charge in [-0.3, -0.25) is 14.4 Å². The van der Waals surface area contributed by atoms with Gasteiger partial charge in [0.05, 0.1) is 6.04 Å². The summed E-state index contributed by atoms with van der Waals surface area (Å²) < 4.78 is 0. The summed E-state index contributed by atoms with van der Waals surface area (Å²) in [5, 5.41) is 8.82. The average molecular weight is 289 g/mol. The van der Waals surface area contributed by atoms with E-state index in [0.29, 0.717) is 18.5 Å². The Morgan fingerprint density at radius 3 is 2.57 bits per heavy atom. The lowest BCUT2D eigenvalue weighted by atomic mass is 9.88. The van der Waals surface area contributed by atoms with Crippen LogP contribution in [0.3, 0.4) is 0 Å². The fourth-order valence-electron chi connectivity index (χ4n) is 2.66. The molecule has 1 amide bonds. The number of carboxylic acids is 1. The van der Waals surface area contributed by atoms with Gasteiger partial charge in [-0.15, -0.1) is 0 Å². The molecule has 2 atom stereocenters. The molecule has 0 spiro atoms. The van der Waals surface area contributed by atoms with Crippen molar-refractivity contribution in [3.05, 3.63) is 35.9 Å². The van der Waals surface area contributed by atoms with Crippen LogP contribution >= 0.6 is 0 Å². The molecule has 1 aromatic carbocycles. The maximum absolute atomic E-state index is 12.5. The number of Topliss-reactive ketones (excluding diaryl/α,β-unsaturated/α-hetero) is 1. The van der Waals surface area contributed by atoms with E-state index in [-0.39, 0.29) is 30.4 Å². The second kappa shape index (κ2) is 6.52. The summed E-state index contributed by atoms with van der Waals surface area (Å²) in [6, 6.07) is 8.15. The van der Waals surface area contributed by atoms with Gasteiger partial charge >= 0.3 is 5.97 Å². The molecule has 1 fully saturated rings. The fraction of sp³-hybridized carbons (Fsp3) is 0.438. The third kappa shape index (κ3) is 3.48. The number of ketones is 1. The topological polar surface area (TPSA) is 74.7 Å². The summed E-state index contributed by atoms with van der Waals surface area (Å²) in [6.45, 7) is 2.32. The molecule has 1 aromatic rings. The van der Waals surface area contributed by atoms with Gasteiger partial charge in [-0.25, -0.2) is 0 Å². The van der Waals surface area contributed by atoms with Gasteiger partial charge in [0.15, 0.2) is 5.78 Å². The van der Waals surface area contributed by atoms with Gasteiger partial charge in [0.25, 0.3) is 5.91 Å². The molecule has 1 heterocycles. The molecule has 1 aliphatic heterocycles. The van der Waals surface area contributed by atoms with Crippen molar-refractivity contribution in [3.63, 3.8) is 0 Å². The number of hydrogen-bond acceptors (Lipinski definition) is 3. The molecule has 2 rings (SSSR count). The van der Waals surface area contributed by atoms with Crippen molar-refractivity contribution in [1.82, 2.24) is 4.90 Å². The first-order valence-corrected chi connectivity index (χ1v) is 7.12. The molecule has 0 radical (unpaired) electrons. The van der Waals surface area contributed by atoms with Crippen molar-refractivity contribution in [1.29, 1.82) is 0 Å². The molecule has 1 N–H and O–H groups in total. The molecule has 112 valence electrons. The Morgan fingerprint density at radius 2 is 1.95 bits per heavy atom. The number of rotatable bonds is 4. The number of nitrogens with zero attached hydrogens (tertiary/aromatic N) is 1. The Morgan fingerprint density at radius 1 is 1.29 bits per heavy atom. The monoisotopic (exact) mass is 289 g/mol. The SMILES string of the molecule is CC1CCN(C(=O)c2ccccc2)C(CCC(=O)O)C1=O. The third-order valence-corrected chi connectivity index (χ3v) is 3.91. The molecule has 0 aliphatic carbocycles. The van der Waals surface area contributed by atoms with Crippen molar-refractivity contribution in [3.8, 4) is 0 Å². The Balaban J connectivity index is 2.20. The van der Waals surface area contributed by atoms with Gasteiger partial charge in [-0.2, -0.15) is 0 Å². The van der Waals surface area contributed by atoms with Crippen molar-refractivity contribution in [2.75, 3.05) is 6.54 Å². The molecule has 1 saturated heterocycles. The number of carbonyl (C=O) groups is 3. The van der Waals surface area contributed by atoms with Crippen LogP contribution in [0.4, 0.5) is 0 Å². The van der Waals surface area contributed by atoms with Crippen LogP contribution in [-0.2, 0) is 9.59 Å². The zero-order valence-corrected chi connectivity index (χ0v) is 12.0. The highest BCUT2D eigenvalue weighted by atomic mass is 16.4. The number of hydrogen-bond donors (Lipinski definition) is 1. The van der Waals surface area contributed by atoms with Crippen LogP contribution < -0.4 is 0 Å². The van der Waals surface area contributed by atoms with E-state index in [1.807, 2.05) is 13.0 Å². The molecule has 0 aromatic heterocycles. The summed E-state index contributed by atoms with van der Waals surface area (Å²) >= 11 is 0. The number of likely N-dealkylation sites (tertiary alicyclic amines) is 1. The predicted octanol–water partition coefficient (Wildman–Crippen LogP) is 1.97. The van der Waals surface area contributed by atoms with E-state index in [4.69, 9.17) is 5.11 Å². The van der Waals surface area contributed by atoms with E-state index in [1.165, 1.54) is 4.90 Å². The first-order valence-electron chi connectivity index (χ1n) is 7.12. The number of piperidine rings is 1. The summed E-state index contributed by atoms with van der Waals surface area (Å²) in [7, 11) is 0. The minimum atomic E-state index is -0.951. The zero-order chi connectivity index (χ0) is 15.4. The van der Waals surface area contributed by atoms with E-state index in [9.17, 15) is 14.4 Å². The second-order valence-corrected chi connectivity index (χ2v) is 5.40. The van der Waals surface area contributed by atoms with Crippen LogP contribution in [0.15, 0.2) is 30.3 Å². The third-order valence-electron chi connectivity index (χ3n) is 3.91. The molecular weight excluding hydrogens is 270 g/mol. The second-order valence-electron chi connectivity index (χ2n) is 5.40. The molecule has 0 bridgehead atoms. The smallest absolute Gasteiger partial charge is 0.303 e. The van der Waals surface area contributed by atoms with E-state index < -0.39 is 12.0 Å². The zero-order valence-electron chi connectivity index (χ0n) is 12.0. The largest absolute Gasteiger partial charge is 0.481 e. The Hall–Kier alpha value is -2.17. The molecule has 5 heteroatoms. The minimum absolute atomic E-state index is 0.0354. The van der Waals surface area contributed by atoms with Gasteiger partial charge in [-0.05, 0) is 25.0 Å². The number of benzene rings is 1. The van der Waals surface area contributed by atoms with Crippen LogP contribution in [0.5, 0.6) is 0 Å². The quantitative estimate of drug-likeness (QED) is 0.919. The van der Waals surface area contributed by atoms with Crippen molar-refractivity contribution >= 4 is 17.7 Å². The van der Waals surface area contributed by atoms with Gasteiger partial charge in [0.2, 0.25) is 0 Å². The first-order chi connectivity index (χ1) is 10.0. The highest BCUT2D eigenvalue weighted by Gasteiger charge is 2.37. The van der Waals surface area contributed by atoms with E-state index in [2.05, 4.69) is 0 Å². The van der Waals surface area contributed by atoms with Crippen LogP contribution in [0.25, 0.3) is 0 Å². The minimum Gasteiger partial charge on any atom is -0.481 e. The molecule has 2 unspecified atom stereocenters. The van der Waals surface area contributed by atoms with Crippen LogP contribution in [-0.4, -0.2) is 40.3 Å². The van der Waals surface area contributed by atoms with Crippen molar-refractivity contribution in [2.45, 2.75) is 32.2 Å². The molecular formula is C16H19NO4. The average Bonchev–Trinajstić information content (AvgIpc) is 2.48. The lowest BCUT2D eigenvalue weighted by molar-refractivity contribution is -0.138. The number of carboxylic acid groups (broad SMARTS) is 1. The van der Waals surface area contributed by atoms with Gasteiger partial charge < -0.3 is 10.0 Å². The fourth-order valence-corrected chi connectivity index (χ4v) is 2.66. The molecule has 1 aliphatic rings. The Bertz CT molecular complexity index is 540. The van der Waals surface area contributed by atoms with E-state index >= 15 is 0 Å². The van der Waals surface area contributed by atoms with Gasteiger partial charge in [0.1, 0.15) is 0 Å². The van der Waals surface area contributed by atoms with Crippen molar-refractivity contribution in [2.24, 2.45) is 5.92 Å².